The first-order valence-electron chi connectivity index (χ1n) is 10.3. The number of aromatic nitrogens is 3. The Morgan fingerprint density at radius 2 is 1.79 bits per heavy atom. The number of aromatic amines is 1. The zero-order valence-electron chi connectivity index (χ0n) is 18.3. The molecule has 8 nitrogen and oxygen atoms in total. The molecule has 34 heavy (non-hydrogen) atoms. The molecule has 0 aliphatic heterocycles. The second kappa shape index (κ2) is 8.92. The van der Waals surface area contributed by atoms with Gasteiger partial charge in [-0.15, -0.1) is 0 Å². The zero-order chi connectivity index (χ0) is 23.7. The summed E-state index contributed by atoms with van der Waals surface area (Å²) in [6.45, 7) is 0. The number of carbonyl (C=O) groups excluding carboxylic acids is 1. The minimum atomic E-state index is -0.263. The van der Waals surface area contributed by atoms with Crippen LogP contribution in [0.25, 0.3) is 33.8 Å². The largest absolute Gasteiger partial charge is 0.493 e. The predicted octanol–water partition coefficient (Wildman–Crippen LogP) is 5.81. The van der Waals surface area contributed by atoms with Gasteiger partial charge in [0.2, 0.25) is 5.89 Å². The summed E-state index contributed by atoms with van der Waals surface area (Å²) in [5, 5.41) is 10.6. The van der Waals surface area contributed by atoms with Gasteiger partial charge in [-0.05, 0) is 48.5 Å². The quantitative estimate of drug-likeness (QED) is 0.322. The highest BCUT2D eigenvalue weighted by molar-refractivity contribution is 6.31. The van der Waals surface area contributed by atoms with Crippen LogP contribution in [0.5, 0.6) is 11.5 Å². The van der Waals surface area contributed by atoms with Crippen LogP contribution in [0, 0.1) is 0 Å². The summed E-state index contributed by atoms with van der Waals surface area (Å²) < 4.78 is 16.4. The molecule has 0 atom stereocenters. The second-order valence-corrected chi connectivity index (χ2v) is 7.83. The lowest BCUT2D eigenvalue weighted by Gasteiger charge is -2.10. The number of fused-ring (bicyclic) bond motifs is 1. The molecule has 0 fully saturated rings. The number of nitrogens with zero attached hydrogens (tertiary/aromatic N) is 2. The lowest BCUT2D eigenvalue weighted by Crippen LogP contribution is -2.12. The number of rotatable bonds is 6. The molecule has 2 aromatic heterocycles. The number of halogens is 1. The fourth-order valence-corrected chi connectivity index (χ4v) is 3.75. The van der Waals surface area contributed by atoms with Crippen LogP contribution >= 0.6 is 11.6 Å². The van der Waals surface area contributed by atoms with Gasteiger partial charge >= 0.3 is 0 Å². The third-order valence-electron chi connectivity index (χ3n) is 5.30. The summed E-state index contributed by atoms with van der Waals surface area (Å²) in [4.78, 5) is 17.2. The molecule has 0 aliphatic carbocycles. The van der Waals surface area contributed by atoms with Crippen LogP contribution in [-0.4, -0.2) is 35.3 Å². The Kier molecular flexibility index (Phi) is 5.65. The predicted molar refractivity (Wildman–Crippen MR) is 130 cm³/mol. The van der Waals surface area contributed by atoms with Crippen molar-refractivity contribution >= 4 is 34.3 Å². The van der Waals surface area contributed by atoms with Crippen molar-refractivity contribution in [1.29, 1.82) is 0 Å². The Morgan fingerprint density at radius 3 is 2.56 bits per heavy atom. The molecular weight excluding hydrogens is 456 g/mol. The number of ether oxygens (including phenoxy) is 2. The molecule has 2 N–H and O–H groups in total. The second-order valence-electron chi connectivity index (χ2n) is 7.39. The van der Waals surface area contributed by atoms with Crippen LogP contribution in [0.3, 0.4) is 0 Å². The van der Waals surface area contributed by atoms with Gasteiger partial charge in [0, 0.05) is 21.8 Å². The molecule has 0 spiro atoms. The summed E-state index contributed by atoms with van der Waals surface area (Å²) in [5.74, 6) is 1.22. The standard InChI is InChI=1S/C25H19ClN4O4/c1-32-21-9-5-15(11-22(21)33-2)24(31)28-17-7-3-14(4-8-17)23-18(13-27-30-23)25-29-19-12-16(26)6-10-20(19)34-25/h3-13H,1-2H3,(H,27,30)(H,28,31). The minimum absolute atomic E-state index is 0.263. The number of H-pyrrole nitrogens is 1. The number of anilines is 1. The van der Waals surface area contributed by atoms with Crippen LogP contribution in [0.4, 0.5) is 5.69 Å². The number of amides is 1. The number of nitrogens with one attached hydrogen (secondary N) is 2. The first-order valence-corrected chi connectivity index (χ1v) is 10.7. The molecule has 0 radical (unpaired) electrons. The normalized spacial score (nSPS) is 10.9. The summed E-state index contributed by atoms with van der Waals surface area (Å²) in [7, 11) is 3.07. The Balaban J connectivity index is 1.37. The fourth-order valence-electron chi connectivity index (χ4n) is 3.59. The number of hydrogen-bond donors (Lipinski definition) is 2. The van der Waals surface area contributed by atoms with Crippen molar-refractivity contribution in [2.45, 2.75) is 0 Å². The summed E-state index contributed by atoms with van der Waals surface area (Å²) >= 11 is 6.06. The zero-order valence-corrected chi connectivity index (χ0v) is 19.0. The Bertz CT molecular complexity index is 1490. The number of hydrogen-bond acceptors (Lipinski definition) is 6. The van der Waals surface area contributed by atoms with Crippen molar-refractivity contribution in [3.8, 4) is 34.2 Å². The molecule has 1 amide bonds. The van der Waals surface area contributed by atoms with Crippen LogP contribution in [0.1, 0.15) is 10.4 Å². The van der Waals surface area contributed by atoms with Gasteiger partial charge in [-0.2, -0.15) is 5.10 Å². The molecule has 5 aromatic rings. The number of methoxy groups -OCH3 is 2. The third-order valence-corrected chi connectivity index (χ3v) is 5.53. The van der Waals surface area contributed by atoms with Crippen molar-refractivity contribution in [2.24, 2.45) is 0 Å². The van der Waals surface area contributed by atoms with E-state index in [-0.39, 0.29) is 5.91 Å². The molecule has 3 aromatic carbocycles. The minimum Gasteiger partial charge on any atom is -0.493 e. The van der Waals surface area contributed by atoms with Gasteiger partial charge in [0.15, 0.2) is 17.1 Å². The van der Waals surface area contributed by atoms with E-state index in [0.29, 0.717) is 44.8 Å². The molecule has 0 aliphatic rings. The van der Waals surface area contributed by atoms with Gasteiger partial charge in [-0.25, -0.2) is 4.98 Å². The highest BCUT2D eigenvalue weighted by Gasteiger charge is 2.17. The van der Waals surface area contributed by atoms with Crippen molar-refractivity contribution in [1.82, 2.24) is 15.2 Å². The first-order chi connectivity index (χ1) is 16.6. The van der Waals surface area contributed by atoms with E-state index in [1.165, 1.54) is 7.11 Å². The van der Waals surface area contributed by atoms with Crippen LogP contribution in [0.15, 0.2) is 71.3 Å². The maximum absolute atomic E-state index is 12.7. The number of benzene rings is 3. The smallest absolute Gasteiger partial charge is 0.255 e. The lowest BCUT2D eigenvalue weighted by molar-refractivity contribution is 0.102. The van der Waals surface area contributed by atoms with E-state index in [4.69, 9.17) is 25.5 Å². The average molecular weight is 475 g/mol. The van der Waals surface area contributed by atoms with Gasteiger partial charge in [-0.3, -0.25) is 9.89 Å². The van der Waals surface area contributed by atoms with Gasteiger partial charge in [0.1, 0.15) is 5.52 Å². The van der Waals surface area contributed by atoms with E-state index in [2.05, 4.69) is 20.5 Å². The van der Waals surface area contributed by atoms with Crippen LogP contribution < -0.4 is 14.8 Å². The number of carbonyl (C=O) groups is 1. The van der Waals surface area contributed by atoms with Crippen molar-refractivity contribution < 1.29 is 18.7 Å². The van der Waals surface area contributed by atoms with E-state index in [1.807, 2.05) is 24.3 Å². The third kappa shape index (κ3) is 4.06. The van der Waals surface area contributed by atoms with Gasteiger partial charge < -0.3 is 19.2 Å². The van der Waals surface area contributed by atoms with Crippen molar-refractivity contribution in [2.75, 3.05) is 19.5 Å². The van der Waals surface area contributed by atoms with Gasteiger partial charge in [0.25, 0.3) is 5.91 Å². The monoisotopic (exact) mass is 474 g/mol. The van der Waals surface area contributed by atoms with Crippen LogP contribution in [0.2, 0.25) is 5.02 Å². The Morgan fingerprint density at radius 1 is 1.00 bits per heavy atom. The molecule has 0 unspecified atom stereocenters. The van der Waals surface area contributed by atoms with Crippen LogP contribution in [-0.2, 0) is 0 Å². The summed E-state index contributed by atoms with van der Waals surface area (Å²) in [6, 6.07) is 17.7. The fraction of sp³-hybridized carbons (Fsp3) is 0.0800. The SMILES string of the molecule is COc1ccc(C(=O)Nc2ccc(-c3[nH]ncc3-c3nc4cc(Cl)ccc4o3)cc2)cc1OC. The van der Waals surface area contributed by atoms with Crippen molar-refractivity contribution in [3.63, 3.8) is 0 Å². The first kappa shape index (κ1) is 21.5. The molecular formula is C25H19ClN4O4. The van der Waals surface area contributed by atoms with Gasteiger partial charge in [0.05, 0.1) is 31.7 Å². The Hall–Kier alpha value is -4.30. The summed E-state index contributed by atoms with van der Waals surface area (Å²) in [5.41, 5.74) is 4.72. The number of oxazole rings is 1. The molecule has 5 rings (SSSR count). The maximum atomic E-state index is 12.7. The molecule has 2 heterocycles. The van der Waals surface area contributed by atoms with Crippen molar-refractivity contribution in [3.05, 3.63) is 77.4 Å². The molecule has 170 valence electrons. The summed E-state index contributed by atoms with van der Waals surface area (Å²) in [6.07, 6.45) is 1.66. The molecule has 9 heteroatoms. The maximum Gasteiger partial charge on any atom is 0.255 e. The molecule has 0 saturated heterocycles. The highest BCUT2D eigenvalue weighted by Crippen LogP contribution is 2.33. The molecule has 0 saturated carbocycles. The van der Waals surface area contributed by atoms with E-state index < -0.39 is 0 Å². The topological polar surface area (TPSA) is 102 Å². The van der Waals surface area contributed by atoms with E-state index in [0.717, 1.165) is 16.8 Å². The lowest BCUT2D eigenvalue weighted by atomic mass is 10.1. The van der Waals surface area contributed by atoms with Gasteiger partial charge in [-0.1, -0.05) is 23.7 Å². The highest BCUT2D eigenvalue weighted by atomic mass is 35.5. The van der Waals surface area contributed by atoms with E-state index in [9.17, 15) is 4.79 Å². The van der Waals surface area contributed by atoms with E-state index >= 15 is 0 Å². The van der Waals surface area contributed by atoms with E-state index in [1.54, 1.807) is 49.7 Å². The molecule has 0 bridgehead atoms. The average Bonchev–Trinajstić information content (AvgIpc) is 3.50. The Labute approximate surface area is 199 Å².